The highest BCUT2D eigenvalue weighted by atomic mass is 32.1. The molecule has 0 aliphatic heterocycles. The van der Waals surface area contributed by atoms with Gasteiger partial charge in [-0.2, -0.15) is 0 Å². The third kappa shape index (κ3) is 3.90. The van der Waals surface area contributed by atoms with E-state index in [0.29, 0.717) is 15.8 Å². The van der Waals surface area contributed by atoms with Gasteiger partial charge in [0.1, 0.15) is 0 Å². The number of nitrogens with one attached hydrogen (secondary N) is 1. The summed E-state index contributed by atoms with van der Waals surface area (Å²) in [5.41, 5.74) is 5.61. The normalized spacial score (nSPS) is 12.4. The van der Waals surface area contributed by atoms with Gasteiger partial charge in [-0.25, -0.2) is 0 Å². The Bertz CT molecular complexity index is 360. The van der Waals surface area contributed by atoms with Crippen LogP contribution in [0.15, 0.2) is 17.5 Å². The molecule has 3 N–H and O–H groups in total. The molecular formula is C11H16N2OS2. The van der Waals surface area contributed by atoms with Gasteiger partial charge in [0, 0.05) is 0 Å². The molecular weight excluding hydrogens is 240 g/mol. The van der Waals surface area contributed by atoms with Crippen LogP contribution in [0.1, 0.15) is 29.9 Å². The summed E-state index contributed by atoms with van der Waals surface area (Å²) < 4.78 is 0. The maximum absolute atomic E-state index is 11.8. The molecule has 0 saturated heterocycles. The van der Waals surface area contributed by atoms with Crippen LogP contribution in [0.2, 0.25) is 0 Å². The number of amides is 1. The molecule has 1 unspecified atom stereocenters. The molecule has 1 rings (SSSR count). The molecule has 0 radical (unpaired) electrons. The molecule has 0 aromatic carbocycles. The SMILES string of the molecule is CC(C)CC(NC(=O)c1cccs1)C(N)=S. The van der Waals surface area contributed by atoms with E-state index in [1.165, 1.54) is 11.3 Å². The maximum atomic E-state index is 11.8. The zero-order valence-corrected chi connectivity index (χ0v) is 11.0. The van der Waals surface area contributed by atoms with Crippen molar-refractivity contribution in [3.63, 3.8) is 0 Å². The number of nitrogens with two attached hydrogens (primary N) is 1. The van der Waals surface area contributed by atoms with Gasteiger partial charge >= 0.3 is 0 Å². The first-order valence-electron chi connectivity index (χ1n) is 5.14. The van der Waals surface area contributed by atoms with Crippen molar-refractivity contribution in [2.45, 2.75) is 26.3 Å². The molecule has 1 aromatic rings. The third-order valence-electron chi connectivity index (χ3n) is 2.10. The first-order valence-corrected chi connectivity index (χ1v) is 6.43. The summed E-state index contributed by atoms with van der Waals surface area (Å²) in [6.45, 7) is 4.14. The standard InChI is InChI=1S/C11H16N2OS2/c1-7(2)6-8(10(12)15)13-11(14)9-4-3-5-16-9/h3-5,7-8H,6H2,1-2H3,(H2,12,15)(H,13,14). The number of rotatable bonds is 5. The lowest BCUT2D eigenvalue weighted by molar-refractivity contribution is 0.0948. The fourth-order valence-corrected chi connectivity index (χ4v) is 2.14. The lowest BCUT2D eigenvalue weighted by Crippen LogP contribution is -2.44. The molecule has 0 saturated carbocycles. The Morgan fingerprint density at radius 1 is 1.62 bits per heavy atom. The monoisotopic (exact) mass is 256 g/mol. The molecule has 1 heterocycles. The van der Waals surface area contributed by atoms with Crippen LogP contribution in [0.25, 0.3) is 0 Å². The summed E-state index contributed by atoms with van der Waals surface area (Å²) in [5.74, 6) is 0.337. The van der Waals surface area contributed by atoms with E-state index in [-0.39, 0.29) is 11.9 Å². The minimum absolute atomic E-state index is 0.103. The fourth-order valence-electron chi connectivity index (χ4n) is 1.35. The number of thiocarbonyl (C=S) groups is 1. The predicted molar refractivity (Wildman–Crippen MR) is 71.8 cm³/mol. The van der Waals surface area contributed by atoms with Crippen molar-refractivity contribution in [3.8, 4) is 0 Å². The average molecular weight is 256 g/mol. The van der Waals surface area contributed by atoms with Crippen LogP contribution in [0.3, 0.4) is 0 Å². The molecule has 1 amide bonds. The van der Waals surface area contributed by atoms with Crippen LogP contribution in [0.4, 0.5) is 0 Å². The van der Waals surface area contributed by atoms with Crippen LogP contribution >= 0.6 is 23.6 Å². The minimum atomic E-state index is -0.218. The highest BCUT2D eigenvalue weighted by Gasteiger charge is 2.17. The summed E-state index contributed by atoms with van der Waals surface area (Å²) in [4.78, 5) is 12.8. The second-order valence-corrected chi connectivity index (χ2v) is 5.45. The highest BCUT2D eigenvalue weighted by molar-refractivity contribution is 7.80. The smallest absolute Gasteiger partial charge is 0.261 e. The van der Waals surface area contributed by atoms with E-state index < -0.39 is 0 Å². The van der Waals surface area contributed by atoms with Gasteiger partial charge in [-0.1, -0.05) is 32.1 Å². The van der Waals surface area contributed by atoms with Gasteiger partial charge in [0.2, 0.25) is 0 Å². The molecule has 1 aromatic heterocycles. The van der Waals surface area contributed by atoms with Crippen molar-refractivity contribution >= 4 is 34.5 Å². The number of hydrogen-bond acceptors (Lipinski definition) is 3. The zero-order valence-electron chi connectivity index (χ0n) is 9.40. The predicted octanol–water partition coefficient (Wildman–Crippen LogP) is 2.18. The third-order valence-corrected chi connectivity index (χ3v) is 3.25. The second kappa shape index (κ2) is 5.96. The molecule has 5 heteroatoms. The number of carbonyl (C=O) groups is 1. The molecule has 3 nitrogen and oxygen atoms in total. The minimum Gasteiger partial charge on any atom is -0.392 e. The Balaban J connectivity index is 2.62. The van der Waals surface area contributed by atoms with Crippen LogP contribution < -0.4 is 11.1 Å². The highest BCUT2D eigenvalue weighted by Crippen LogP contribution is 2.10. The Hall–Kier alpha value is -0.940. The van der Waals surface area contributed by atoms with Crippen molar-refractivity contribution in [2.24, 2.45) is 11.7 Å². The fraction of sp³-hybridized carbons (Fsp3) is 0.455. The van der Waals surface area contributed by atoms with E-state index in [2.05, 4.69) is 19.2 Å². The number of carbonyl (C=O) groups excluding carboxylic acids is 1. The van der Waals surface area contributed by atoms with E-state index in [9.17, 15) is 4.79 Å². The van der Waals surface area contributed by atoms with Crippen molar-refractivity contribution in [3.05, 3.63) is 22.4 Å². The van der Waals surface area contributed by atoms with E-state index in [1.54, 1.807) is 6.07 Å². The molecule has 0 bridgehead atoms. The summed E-state index contributed by atoms with van der Waals surface area (Å²) in [6, 6.07) is 3.41. The van der Waals surface area contributed by atoms with Crippen molar-refractivity contribution in [1.29, 1.82) is 0 Å². The number of thiophene rings is 1. The number of hydrogen-bond donors (Lipinski definition) is 2. The molecule has 0 aliphatic carbocycles. The van der Waals surface area contributed by atoms with Crippen molar-refractivity contribution < 1.29 is 4.79 Å². The summed E-state index contributed by atoms with van der Waals surface area (Å²) in [7, 11) is 0. The van der Waals surface area contributed by atoms with Crippen LogP contribution in [-0.4, -0.2) is 16.9 Å². The second-order valence-electron chi connectivity index (χ2n) is 4.04. The van der Waals surface area contributed by atoms with Crippen molar-refractivity contribution in [2.75, 3.05) is 0 Å². The van der Waals surface area contributed by atoms with Gasteiger partial charge in [-0.05, 0) is 23.8 Å². The van der Waals surface area contributed by atoms with Gasteiger partial charge in [0.05, 0.1) is 15.9 Å². The van der Waals surface area contributed by atoms with Crippen molar-refractivity contribution in [1.82, 2.24) is 5.32 Å². The van der Waals surface area contributed by atoms with Gasteiger partial charge in [0.25, 0.3) is 5.91 Å². The molecule has 0 spiro atoms. The first kappa shape index (κ1) is 13.1. The van der Waals surface area contributed by atoms with E-state index in [1.807, 2.05) is 11.4 Å². The lowest BCUT2D eigenvalue weighted by Gasteiger charge is -2.18. The Kier molecular flexibility index (Phi) is 4.89. The lowest BCUT2D eigenvalue weighted by atomic mass is 10.0. The van der Waals surface area contributed by atoms with E-state index in [4.69, 9.17) is 18.0 Å². The van der Waals surface area contributed by atoms with Crippen LogP contribution in [-0.2, 0) is 0 Å². The average Bonchev–Trinajstić information content (AvgIpc) is 2.68. The molecule has 0 aliphatic rings. The quantitative estimate of drug-likeness (QED) is 0.794. The summed E-state index contributed by atoms with van der Waals surface area (Å²) in [5, 5.41) is 4.72. The van der Waals surface area contributed by atoms with E-state index in [0.717, 1.165) is 6.42 Å². The largest absolute Gasteiger partial charge is 0.392 e. The van der Waals surface area contributed by atoms with Gasteiger partial charge < -0.3 is 11.1 Å². The Morgan fingerprint density at radius 3 is 2.75 bits per heavy atom. The topological polar surface area (TPSA) is 55.1 Å². The van der Waals surface area contributed by atoms with Gasteiger partial charge in [-0.15, -0.1) is 11.3 Å². The summed E-state index contributed by atoms with van der Waals surface area (Å²) in [6.07, 6.45) is 0.770. The molecule has 88 valence electrons. The van der Waals surface area contributed by atoms with Gasteiger partial charge in [0.15, 0.2) is 0 Å². The maximum Gasteiger partial charge on any atom is 0.261 e. The summed E-state index contributed by atoms with van der Waals surface area (Å²) >= 11 is 6.36. The molecule has 1 atom stereocenters. The Labute approximate surface area is 105 Å². The first-order chi connectivity index (χ1) is 7.50. The zero-order chi connectivity index (χ0) is 12.1. The van der Waals surface area contributed by atoms with Crippen LogP contribution in [0.5, 0.6) is 0 Å². The Morgan fingerprint density at radius 2 is 2.31 bits per heavy atom. The van der Waals surface area contributed by atoms with Crippen LogP contribution in [0, 0.1) is 5.92 Å². The van der Waals surface area contributed by atoms with Gasteiger partial charge in [-0.3, -0.25) is 4.79 Å². The van der Waals surface area contributed by atoms with E-state index >= 15 is 0 Å². The molecule has 16 heavy (non-hydrogen) atoms. The molecule has 0 fully saturated rings.